The normalized spacial score (nSPS) is 15.1. The number of hydrogen-bond donors (Lipinski definition) is 2. The van der Waals surface area contributed by atoms with Gasteiger partial charge >= 0.3 is 6.09 Å². The van der Waals surface area contributed by atoms with Gasteiger partial charge in [-0.1, -0.05) is 0 Å². The summed E-state index contributed by atoms with van der Waals surface area (Å²) in [5.41, 5.74) is 1.74. The molecule has 1 aliphatic rings. The molecule has 0 bridgehead atoms. The number of nitrogens with one attached hydrogen (secondary N) is 2. The Morgan fingerprint density at radius 1 is 1.23 bits per heavy atom. The molecule has 168 valence electrons. The zero-order chi connectivity index (χ0) is 22.1. The summed E-state index contributed by atoms with van der Waals surface area (Å²) in [7, 11) is 0. The Bertz CT molecular complexity index is 859. The highest BCUT2D eigenvalue weighted by atomic mass is 19.1. The van der Waals surface area contributed by atoms with E-state index in [0.29, 0.717) is 32.7 Å². The molecule has 0 aliphatic carbocycles. The van der Waals surface area contributed by atoms with E-state index >= 15 is 0 Å². The predicted molar refractivity (Wildman–Crippen MR) is 118 cm³/mol. The zero-order valence-corrected chi connectivity index (χ0v) is 18.2. The lowest BCUT2D eigenvalue weighted by Crippen LogP contribution is -2.50. The molecule has 0 unspecified atom stereocenters. The summed E-state index contributed by atoms with van der Waals surface area (Å²) in [5, 5.41) is 11.3. The monoisotopic (exact) mass is 430 g/mol. The van der Waals surface area contributed by atoms with Gasteiger partial charge in [0.05, 0.1) is 18.0 Å². The molecular formula is C22H31FN6O2. The maximum atomic E-state index is 13.1. The molecule has 0 saturated carbocycles. The van der Waals surface area contributed by atoms with Crippen LogP contribution in [0.5, 0.6) is 0 Å². The lowest BCUT2D eigenvalue weighted by atomic mass is 10.1. The number of hydrogen-bond acceptors (Lipinski definition) is 4. The SMILES string of the molecule is CCNC(=NCCc1ccn(-c2ccc(F)cc2)n1)NC1CCN(C(=O)OCC)CC1. The van der Waals surface area contributed by atoms with Crippen molar-refractivity contribution in [1.82, 2.24) is 25.3 Å². The quantitative estimate of drug-likeness (QED) is 0.521. The second kappa shape index (κ2) is 11.3. The number of benzene rings is 1. The van der Waals surface area contributed by atoms with Crippen LogP contribution >= 0.6 is 0 Å². The first-order valence-electron chi connectivity index (χ1n) is 10.9. The fourth-order valence-corrected chi connectivity index (χ4v) is 3.45. The third-order valence-corrected chi connectivity index (χ3v) is 5.08. The predicted octanol–water partition coefficient (Wildman–Crippen LogP) is 2.73. The number of piperidine rings is 1. The van der Waals surface area contributed by atoms with Gasteiger partial charge in [0.1, 0.15) is 5.82 Å². The molecule has 1 saturated heterocycles. The first-order chi connectivity index (χ1) is 15.1. The molecule has 0 atom stereocenters. The van der Waals surface area contributed by atoms with Gasteiger partial charge in [0.2, 0.25) is 0 Å². The van der Waals surface area contributed by atoms with Gasteiger partial charge in [-0.15, -0.1) is 0 Å². The molecule has 2 aromatic rings. The highest BCUT2D eigenvalue weighted by Gasteiger charge is 2.24. The molecule has 8 nitrogen and oxygen atoms in total. The molecule has 2 N–H and O–H groups in total. The van der Waals surface area contributed by atoms with Crippen molar-refractivity contribution in [3.63, 3.8) is 0 Å². The fourth-order valence-electron chi connectivity index (χ4n) is 3.45. The van der Waals surface area contributed by atoms with Gasteiger partial charge in [-0.25, -0.2) is 13.9 Å². The van der Waals surface area contributed by atoms with Gasteiger partial charge in [0.15, 0.2) is 5.96 Å². The van der Waals surface area contributed by atoms with E-state index in [0.717, 1.165) is 36.7 Å². The largest absolute Gasteiger partial charge is 0.450 e. The lowest BCUT2D eigenvalue weighted by molar-refractivity contribution is 0.0963. The third kappa shape index (κ3) is 6.70. The molecule has 3 rings (SSSR count). The van der Waals surface area contributed by atoms with Crippen molar-refractivity contribution in [3.05, 3.63) is 48.0 Å². The van der Waals surface area contributed by atoms with Crippen molar-refractivity contribution in [2.24, 2.45) is 4.99 Å². The van der Waals surface area contributed by atoms with E-state index in [-0.39, 0.29) is 18.0 Å². The minimum absolute atomic E-state index is 0.235. The number of aliphatic imine (C=N–C) groups is 1. The molecule has 31 heavy (non-hydrogen) atoms. The van der Waals surface area contributed by atoms with Gasteiger partial charge < -0.3 is 20.3 Å². The first-order valence-corrected chi connectivity index (χ1v) is 10.9. The van der Waals surface area contributed by atoms with Crippen LogP contribution in [0.3, 0.4) is 0 Å². The van der Waals surface area contributed by atoms with Crippen LogP contribution in [0, 0.1) is 5.82 Å². The molecule has 0 radical (unpaired) electrons. The van der Waals surface area contributed by atoms with E-state index in [1.807, 2.05) is 26.1 Å². The van der Waals surface area contributed by atoms with Crippen LogP contribution in [-0.2, 0) is 11.2 Å². The number of ether oxygens (including phenoxy) is 1. The Balaban J connectivity index is 1.49. The molecule has 1 aromatic carbocycles. The topological polar surface area (TPSA) is 83.8 Å². The molecule has 9 heteroatoms. The third-order valence-electron chi connectivity index (χ3n) is 5.08. The summed E-state index contributed by atoms with van der Waals surface area (Å²) in [5.74, 6) is 0.510. The maximum Gasteiger partial charge on any atom is 0.409 e. The smallest absolute Gasteiger partial charge is 0.409 e. The molecule has 2 heterocycles. The number of likely N-dealkylation sites (tertiary alicyclic amines) is 1. The number of carbonyl (C=O) groups is 1. The summed E-state index contributed by atoms with van der Waals surface area (Å²) in [6.07, 6.45) is 4.04. The van der Waals surface area contributed by atoms with E-state index in [1.165, 1.54) is 12.1 Å². The summed E-state index contributed by atoms with van der Waals surface area (Å²) in [4.78, 5) is 18.3. The van der Waals surface area contributed by atoms with Gasteiger partial charge in [-0.3, -0.25) is 4.99 Å². The minimum atomic E-state index is -0.263. The van der Waals surface area contributed by atoms with Gasteiger partial charge in [-0.05, 0) is 57.0 Å². The van der Waals surface area contributed by atoms with E-state index in [9.17, 15) is 9.18 Å². The van der Waals surface area contributed by atoms with Crippen LogP contribution in [0.4, 0.5) is 9.18 Å². The summed E-state index contributed by atoms with van der Waals surface area (Å²) in [6, 6.07) is 8.46. The molecule has 1 amide bonds. The van der Waals surface area contributed by atoms with Gasteiger partial charge in [0, 0.05) is 44.8 Å². The second-order valence-corrected chi connectivity index (χ2v) is 7.34. The molecule has 1 fully saturated rings. The minimum Gasteiger partial charge on any atom is -0.450 e. The van der Waals surface area contributed by atoms with E-state index in [1.54, 1.807) is 21.7 Å². The number of nitrogens with zero attached hydrogens (tertiary/aromatic N) is 4. The number of guanidine groups is 1. The number of rotatable bonds is 7. The van der Waals surface area contributed by atoms with Crippen LogP contribution in [0.2, 0.25) is 0 Å². The number of halogens is 1. The first kappa shape index (κ1) is 22.6. The van der Waals surface area contributed by atoms with Gasteiger partial charge in [-0.2, -0.15) is 5.10 Å². The summed E-state index contributed by atoms with van der Waals surface area (Å²) >= 11 is 0. The van der Waals surface area contributed by atoms with E-state index in [4.69, 9.17) is 4.74 Å². The Labute approximate surface area is 182 Å². The number of carbonyl (C=O) groups excluding carboxylic acids is 1. The second-order valence-electron chi connectivity index (χ2n) is 7.34. The van der Waals surface area contributed by atoms with Crippen LogP contribution in [0.1, 0.15) is 32.4 Å². The fraction of sp³-hybridized carbons (Fsp3) is 0.500. The lowest BCUT2D eigenvalue weighted by Gasteiger charge is -2.32. The standard InChI is InChI=1S/C22H31FN6O2/c1-3-24-21(26-18-10-14-28(15-11-18)22(30)31-4-2)25-13-9-19-12-16-29(27-19)20-7-5-17(23)6-8-20/h5-8,12,16,18H,3-4,9-11,13-15H2,1-2H3,(H2,24,25,26). The highest BCUT2D eigenvalue weighted by Crippen LogP contribution is 2.12. The van der Waals surface area contributed by atoms with Crippen LogP contribution in [0.15, 0.2) is 41.5 Å². The Kier molecular flexibility index (Phi) is 8.26. The highest BCUT2D eigenvalue weighted by molar-refractivity contribution is 5.80. The van der Waals surface area contributed by atoms with Gasteiger partial charge in [0.25, 0.3) is 0 Å². The van der Waals surface area contributed by atoms with E-state index in [2.05, 4.69) is 20.7 Å². The van der Waals surface area contributed by atoms with Crippen molar-refractivity contribution in [1.29, 1.82) is 0 Å². The van der Waals surface area contributed by atoms with Crippen LogP contribution < -0.4 is 10.6 Å². The van der Waals surface area contributed by atoms with Crippen molar-refractivity contribution >= 4 is 12.1 Å². The summed E-state index contributed by atoms with van der Waals surface area (Å²) in [6.45, 7) is 6.97. The number of amides is 1. The molecule has 1 aromatic heterocycles. The Morgan fingerprint density at radius 2 is 1.97 bits per heavy atom. The van der Waals surface area contributed by atoms with Crippen LogP contribution in [0.25, 0.3) is 5.69 Å². The average molecular weight is 431 g/mol. The van der Waals surface area contributed by atoms with Crippen molar-refractivity contribution in [2.45, 2.75) is 39.2 Å². The molecular weight excluding hydrogens is 399 g/mol. The van der Waals surface area contributed by atoms with Crippen LogP contribution in [-0.4, -0.2) is 65.6 Å². The zero-order valence-electron chi connectivity index (χ0n) is 18.2. The van der Waals surface area contributed by atoms with Crippen molar-refractivity contribution in [2.75, 3.05) is 32.8 Å². The maximum absolute atomic E-state index is 13.1. The Morgan fingerprint density at radius 3 is 2.65 bits per heavy atom. The van der Waals surface area contributed by atoms with Crippen molar-refractivity contribution in [3.8, 4) is 5.69 Å². The van der Waals surface area contributed by atoms with Crippen molar-refractivity contribution < 1.29 is 13.9 Å². The molecule has 1 aliphatic heterocycles. The average Bonchev–Trinajstić information content (AvgIpc) is 3.24. The molecule has 0 spiro atoms. The number of aromatic nitrogens is 2. The Hall–Kier alpha value is -3.10. The van der Waals surface area contributed by atoms with E-state index < -0.39 is 0 Å². The summed E-state index contributed by atoms with van der Waals surface area (Å²) < 4.78 is 19.9.